The lowest BCUT2D eigenvalue weighted by atomic mass is 9.90. The first-order chi connectivity index (χ1) is 8.59. The Morgan fingerprint density at radius 3 is 1.67 bits per heavy atom. The van der Waals surface area contributed by atoms with Crippen LogP contribution in [0, 0.1) is 5.92 Å². The van der Waals surface area contributed by atoms with E-state index in [0.717, 1.165) is 44.3 Å². The smallest absolute Gasteiger partial charge is 0.0469 e. The van der Waals surface area contributed by atoms with Gasteiger partial charge >= 0.3 is 0 Å². The van der Waals surface area contributed by atoms with Crippen molar-refractivity contribution in [3.05, 3.63) is 0 Å². The molecule has 0 aromatic heterocycles. The Kier molecular flexibility index (Phi) is 6.62. The van der Waals surface area contributed by atoms with Crippen molar-refractivity contribution in [1.29, 1.82) is 0 Å². The van der Waals surface area contributed by atoms with E-state index in [-0.39, 0.29) is 21.5 Å². The summed E-state index contributed by atoms with van der Waals surface area (Å²) in [4.78, 5) is 0. The third-order valence-corrected chi connectivity index (χ3v) is 8.02. The van der Waals surface area contributed by atoms with Crippen molar-refractivity contribution in [2.45, 2.75) is 65.3 Å². The fraction of sp³-hybridized carbons (Fsp3) is 1.00. The van der Waals surface area contributed by atoms with Crippen LogP contribution in [-0.2, 0) is 0 Å². The second-order valence-corrected chi connectivity index (χ2v) is 8.84. The average molecular weight is 350 g/mol. The molecule has 0 aliphatic heterocycles. The van der Waals surface area contributed by atoms with Crippen LogP contribution in [0.25, 0.3) is 0 Å². The molecule has 4 unspecified atom stereocenters. The second-order valence-electron chi connectivity index (χ2n) is 5.39. The van der Waals surface area contributed by atoms with E-state index >= 15 is 0 Å². The largest absolute Gasteiger partial charge is 0.155 e. The van der Waals surface area contributed by atoms with E-state index in [9.17, 15) is 0 Å². The van der Waals surface area contributed by atoms with Crippen molar-refractivity contribution in [3.8, 4) is 0 Å². The molecule has 2 aliphatic rings. The van der Waals surface area contributed by atoms with Crippen LogP contribution in [0.2, 0.25) is 0 Å². The Balaban J connectivity index is 1.85. The molecule has 2 fully saturated rings. The molecule has 0 amide bonds. The van der Waals surface area contributed by atoms with Crippen LogP contribution < -0.4 is 0 Å². The van der Waals surface area contributed by atoms with Crippen molar-refractivity contribution in [3.63, 3.8) is 0 Å². The summed E-state index contributed by atoms with van der Waals surface area (Å²) in [5, 5.41) is 1.21. The SMILES string of the molecule is ClC1CCCC(Cl)C1CSC1C(Cl)CCCC1Cl. The number of alkyl halides is 4. The first-order valence-electron chi connectivity index (χ1n) is 6.77. The predicted molar refractivity (Wildman–Crippen MR) is 86.0 cm³/mol. The van der Waals surface area contributed by atoms with E-state index in [1.807, 2.05) is 11.8 Å². The summed E-state index contributed by atoms with van der Waals surface area (Å²) in [6.45, 7) is 0. The van der Waals surface area contributed by atoms with Gasteiger partial charge in [-0.25, -0.2) is 0 Å². The highest BCUT2D eigenvalue weighted by atomic mass is 35.5. The maximum atomic E-state index is 6.40. The number of hydrogen-bond donors (Lipinski definition) is 0. The molecule has 18 heavy (non-hydrogen) atoms. The zero-order valence-electron chi connectivity index (χ0n) is 10.3. The summed E-state index contributed by atoms with van der Waals surface area (Å²) in [6, 6.07) is 0. The zero-order chi connectivity index (χ0) is 13.1. The molecule has 5 heteroatoms. The molecule has 0 radical (unpaired) electrons. The molecular formula is C13H20Cl4S. The first kappa shape index (κ1) is 15.9. The summed E-state index contributed by atoms with van der Waals surface area (Å²) < 4.78 is 0. The highest BCUT2D eigenvalue weighted by Crippen LogP contribution is 2.40. The quantitative estimate of drug-likeness (QED) is 0.606. The average Bonchev–Trinajstić information content (AvgIpc) is 2.31. The van der Waals surface area contributed by atoms with Gasteiger partial charge in [-0.3, -0.25) is 0 Å². The van der Waals surface area contributed by atoms with Crippen LogP contribution >= 0.6 is 58.2 Å². The van der Waals surface area contributed by atoms with Crippen LogP contribution in [0.4, 0.5) is 0 Å². The highest BCUT2D eigenvalue weighted by molar-refractivity contribution is 8.00. The van der Waals surface area contributed by atoms with Gasteiger partial charge in [-0.2, -0.15) is 11.8 Å². The van der Waals surface area contributed by atoms with Crippen molar-refractivity contribution in [2.75, 3.05) is 5.75 Å². The molecule has 2 aliphatic carbocycles. The van der Waals surface area contributed by atoms with Gasteiger partial charge in [-0.15, -0.1) is 46.4 Å². The van der Waals surface area contributed by atoms with Gasteiger partial charge in [0, 0.05) is 32.7 Å². The van der Waals surface area contributed by atoms with E-state index in [1.54, 1.807) is 0 Å². The monoisotopic (exact) mass is 348 g/mol. The van der Waals surface area contributed by atoms with E-state index in [1.165, 1.54) is 0 Å². The van der Waals surface area contributed by atoms with E-state index in [0.29, 0.717) is 11.2 Å². The Hall–Kier alpha value is 1.51. The molecule has 0 aromatic rings. The summed E-state index contributed by atoms with van der Waals surface area (Å²) in [7, 11) is 0. The zero-order valence-corrected chi connectivity index (χ0v) is 14.2. The molecule has 106 valence electrons. The van der Waals surface area contributed by atoms with Gasteiger partial charge in [-0.1, -0.05) is 12.8 Å². The van der Waals surface area contributed by atoms with Gasteiger partial charge in [-0.05, 0) is 31.4 Å². The second kappa shape index (κ2) is 7.50. The van der Waals surface area contributed by atoms with Crippen LogP contribution in [0.1, 0.15) is 38.5 Å². The molecule has 2 saturated carbocycles. The Bertz CT molecular complexity index is 217. The first-order valence-corrected chi connectivity index (χ1v) is 9.57. The van der Waals surface area contributed by atoms with Gasteiger partial charge in [0.25, 0.3) is 0 Å². The molecule has 0 N–H and O–H groups in total. The minimum absolute atomic E-state index is 0.206. The van der Waals surface area contributed by atoms with Gasteiger partial charge in [0.1, 0.15) is 0 Å². The summed E-state index contributed by atoms with van der Waals surface area (Å²) >= 11 is 27.5. The number of rotatable bonds is 3. The molecule has 0 nitrogen and oxygen atoms in total. The van der Waals surface area contributed by atoms with Crippen LogP contribution in [0.5, 0.6) is 0 Å². The van der Waals surface area contributed by atoms with E-state index < -0.39 is 0 Å². The van der Waals surface area contributed by atoms with Gasteiger partial charge in [0.15, 0.2) is 0 Å². The van der Waals surface area contributed by atoms with Crippen LogP contribution in [0.15, 0.2) is 0 Å². The van der Waals surface area contributed by atoms with Crippen molar-refractivity contribution in [1.82, 2.24) is 0 Å². The molecule has 4 atom stereocenters. The van der Waals surface area contributed by atoms with Crippen LogP contribution in [0.3, 0.4) is 0 Å². The Morgan fingerprint density at radius 1 is 0.722 bits per heavy atom. The number of halogens is 4. The number of thioether (sulfide) groups is 1. The van der Waals surface area contributed by atoms with Gasteiger partial charge < -0.3 is 0 Å². The van der Waals surface area contributed by atoms with Crippen LogP contribution in [-0.4, -0.2) is 32.5 Å². The molecule has 0 aromatic carbocycles. The summed E-state index contributed by atoms with van der Waals surface area (Å²) in [6.07, 6.45) is 6.66. The maximum Gasteiger partial charge on any atom is 0.0469 e. The third-order valence-electron chi connectivity index (χ3n) is 4.04. The molecule has 0 bridgehead atoms. The standard InChI is InChI=1S/C13H20Cl4S/c14-9-3-1-4-10(15)8(9)7-18-13-11(16)5-2-6-12(13)17/h8-13H,1-7H2. The fourth-order valence-corrected chi connectivity index (χ4v) is 6.76. The highest BCUT2D eigenvalue weighted by Gasteiger charge is 2.35. The maximum absolute atomic E-state index is 6.40. The van der Waals surface area contributed by atoms with Gasteiger partial charge in [0.2, 0.25) is 0 Å². The molecule has 0 heterocycles. The predicted octanol–water partition coefficient (Wildman–Crippen LogP) is 5.50. The lowest BCUT2D eigenvalue weighted by Crippen LogP contribution is -2.36. The Morgan fingerprint density at radius 2 is 1.17 bits per heavy atom. The van der Waals surface area contributed by atoms with E-state index in [2.05, 4.69) is 0 Å². The third kappa shape index (κ3) is 4.01. The van der Waals surface area contributed by atoms with Crippen molar-refractivity contribution in [2.24, 2.45) is 5.92 Å². The fourth-order valence-electron chi connectivity index (χ4n) is 2.87. The lowest BCUT2D eigenvalue weighted by Gasteiger charge is -2.35. The van der Waals surface area contributed by atoms with E-state index in [4.69, 9.17) is 46.4 Å². The topological polar surface area (TPSA) is 0 Å². The molecule has 0 saturated heterocycles. The Labute approximate surface area is 134 Å². The minimum atomic E-state index is 0.206. The van der Waals surface area contributed by atoms with Crippen molar-refractivity contribution < 1.29 is 0 Å². The number of hydrogen-bond acceptors (Lipinski definition) is 1. The molecule has 2 rings (SSSR count). The van der Waals surface area contributed by atoms with Gasteiger partial charge in [0.05, 0.1) is 0 Å². The normalized spacial score (nSPS) is 46.0. The summed E-state index contributed by atoms with van der Waals surface area (Å²) in [5.41, 5.74) is 0. The molecular weight excluding hydrogens is 330 g/mol. The van der Waals surface area contributed by atoms with Crippen molar-refractivity contribution >= 4 is 58.2 Å². The lowest BCUT2D eigenvalue weighted by molar-refractivity contribution is 0.404. The molecule has 0 spiro atoms. The summed E-state index contributed by atoms with van der Waals surface area (Å²) in [5.74, 6) is 1.40. The minimum Gasteiger partial charge on any atom is -0.155 e.